The Balaban J connectivity index is 0.00000484. The average Bonchev–Trinajstić information content (AvgIpc) is 2.99. The molecule has 0 aliphatic heterocycles. The van der Waals surface area contributed by atoms with E-state index in [2.05, 4.69) is 38.7 Å². The third-order valence-corrected chi connectivity index (χ3v) is 8.06. The fourth-order valence-corrected chi connectivity index (χ4v) is 5.33. The number of benzene rings is 3. The van der Waals surface area contributed by atoms with Gasteiger partial charge in [-0.1, -0.05) is 79.0 Å². The van der Waals surface area contributed by atoms with Gasteiger partial charge in [-0.05, 0) is 78.8 Å². The first-order valence-electron chi connectivity index (χ1n) is 13.9. The van der Waals surface area contributed by atoms with Crippen molar-refractivity contribution in [2.24, 2.45) is 0 Å². The summed E-state index contributed by atoms with van der Waals surface area (Å²) in [6.45, 7) is 1.83. The Labute approximate surface area is 256 Å². The number of nitrogens with zero attached hydrogens (tertiary/aromatic N) is 1. The molecule has 1 fully saturated rings. The quantitative estimate of drug-likeness (QED) is 0.195. The highest BCUT2D eigenvalue weighted by Crippen LogP contribution is 2.33. The zero-order valence-corrected chi connectivity index (χ0v) is 24.6. The molecule has 1 aliphatic rings. The molecule has 0 radical (unpaired) electrons. The van der Waals surface area contributed by atoms with E-state index in [1.807, 2.05) is 43.3 Å². The van der Waals surface area contributed by atoms with Gasteiger partial charge in [0.15, 0.2) is 6.10 Å². The highest BCUT2D eigenvalue weighted by molar-refractivity contribution is 9.10. The predicted molar refractivity (Wildman–Crippen MR) is 169 cm³/mol. The molecule has 3 amide bonds. The number of anilines is 1. The molecule has 4 rings (SSSR count). The second kappa shape index (κ2) is 15.5. The van der Waals surface area contributed by atoms with Gasteiger partial charge in [0.25, 0.3) is 5.91 Å². The number of aliphatic hydroxyl groups is 1. The van der Waals surface area contributed by atoms with Gasteiger partial charge < -0.3 is 20.8 Å². The molecule has 0 aromatic heterocycles. The van der Waals surface area contributed by atoms with Crippen LogP contribution in [0, 0.1) is 0 Å². The maximum Gasteiger partial charge on any atom is 0.334 e. The molecule has 3 aromatic rings. The van der Waals surface area contributed by atoms with Gasteiger partial charge in [-0.3, -0.25) is 9.69 Å². The van der Waals surface area contributed by atoms with Crippen molar-refractivity contribution in [1.29, 1.82) is 0 Å². The zero-order valence-electron chi connectivity index (χ0n) is 23.1. The van der Waals surface area contributed by atoms with Crippen molar-refractivity contribution in [1.82, 2.24) is 10.6 Å². The van der Waals surface area contributed by atoms with Crippen LogP contribution in [0.1, 0.15) is 85.5 Å². The summed E-state index contributed by atoms with van der Waals surface area (Å²) >= 11 is 3.45. The average molecular weight is 639 g/mol. The molecule has 0 spiro atoms. The van der Waals surface area contributed by atoms with E-state index in [0.29, 0.717) is 11.5 Å². The lowest BCUT2D eigenvalue weighted by molar-refractivity contribution is -0.146. The summed E-state index contributed by atoms with van der Waals surface area (Å²) in [6, 6.07) is 22.4. The smallest absolute Gasteiger partial charge is 0.334 e. The van der Waals surface area contributed by atoms with Crippen LogP contribution in [0.25, 0.3) is 0 Å². The number of carbonyl (C=O) groups excluding carboxylic acids is 2. The second-order valence-electron chi connectivity index (χ2n) is 10.5. The number of carboxylic acid groups (broad SMARTS) is 1. The van der Waals surface area contributed by atoms with Crippen LogP contribution >= 0.6 is 15.9 Å². The van der Waals surface area contributed by atoms with Crippen LogP contribution in [0.3, 0.4) is 0 Å². The third kappa shape index (κ3) is 8.90. The first-order valence-corrected chi connectivity index (χ1v) is 14.7. The van der Waals surface area contributed by atoms with Gasteiger partial charge in [0, 0.05) is 15.7 Å². The molecule has 8 nitrogen and oxygen atoms in total. The lowest BCUT2D eigenvalue weighted by Gasteiger charge is -2.27. The molecule has 3 aromatic carbocycles. The molecule has 1 saturated carbocycles. The predicted octanol–water partition coefficient (Wildman–Crippen LogP) is 6.79. The molecule has 0 bridgehead atoms. The number of amides is 3. The number of carbonyl (C=O) groups is 3. The minimum atomic E-state index is -1.67. The molecule has 0 heterocycles. The Kier molecular flexibility index (Phi) is 12.1. The van der Waals surface area contributed by atoms with Gasteiger partial charge in [-0.2, -0.15) is 0 Å². The summed E-state index contributed by atoms with van der Waals surface area (Å²) < 4.78 is 0.967. The Morgan fingerprint density at radius 2 is 1.55 bits per heavy atom. The van der Waals surface area contributed by atoms with E-state index in [4.69, 9.17) is 5.11 Å². The number of nitrogens with one attached hydrogen (secondary N) is 2. The molecule has 4 N–H and O–H groups in total. The van der Waals surface area contributed by atoms with Gasteiger partial charge in [0.1, 0.15) is 0 Å². The van der Waals surface area contributed by atoms with Crippen molar-refractivity contribution in [3.8, 4) is 0 Å². The van der Waals surface area contributed by atoms with E-state index in [9.17, 15) is 19.5 Å². The highest BCUT2D eigenvalue weighted by atomic mass is 79.9. The van der Waals surface area contributed by atoms with E-state index in [1.54, 1.807) is 29.2 Å². The van der Waals surface area contributed by atoms with E-state index in [0.717, 1.165) is 21.3 Å². The van der Waals surface area contributed by atoms with Crippen molar-refractivity contribution in [3.63, 3.8) is 0 Å². The van der Waals surface area contributed by atoms with Crippen LogP contribution in [0.5, 0.6) is 0 Å². The topological polar surface area (TPSA) is 119 Å². The van der Waals surface area contributed by atoms with E-state index in [-0.39, 0.29) is 26.0 Å². The molecule has 1 aliphatic carbocycles. The normalized spacial score (nSPS) is 14.6. The molecule has 42 heavy (non-hydrogen) atoms. The van der Waals surface area contributed by atoms with Gasteiger partial charge in [-0.15, -0.1) is 0 Å². The van der Waals surface area contributed by atoms with Crippen LogP contribution in [0.15, 0.2) is 77.3 Å². The van der Waals surface area contributed by atoms with Crippen molar-refractivity contribution in [2.75, 3.05) is 11.4 Å². The molecule has 1 unspecified atom stereocenters. The van der Waals surface area contributed by atoms with E-state index in [1.165, 1.54) is 37.7 Å². The van der Waals surface area contributed by atoms with Crippen molar-refractivity contribution < 1.29 is 24.6 Å². The van der Waals surface area contributed by atoms with Gasteiger partial charge in [0.05, 0.1) is 19.1 Å². The van der Waals surface area contributed by atoms with Crippen LogP contribution in [0.4, 0.5) is 10.5 Å². The molecule has 0 saturated heterocycles. The second-order valence-corrected chi connectivity index (χ2v) is 11.4. The van der Waals surface area contributed by atoms with E-state index < -0.39 is 24.5 Å². The maximum atomic E-state index is 13.6. The minimum absolute atomic E-state index is 0. The summed E-state index contributed by atoms with van der Waals surface area (Å²) in [5.41, 5.74) is 4.20. The number of aliphatic carboxylic acids is 1. The number of rotatable bonds is 10. The van der Waals surface area contributed by atoms with Gasteiger partial charge in [0.2, 0.25) is 0 Å². The number of aliphatic hydroxyl groups excluding tert-OH is 1. The highest BCUT2D eigenvalue weighted by Gasteiger charge is 2.21. The summed E-state index contributed by atoms with van der Waals surface area (Å²) in [5.74, 6) is -1.33. The van der Waals surface area contributed by atoms with Crippen molar-refractivity contribution in [2.45, 2.75) is 71.1 Å². The molecule has 2 atom stereocenters. The maximum absolute atomic E-state index is 13.6. The Bertz CT molecular complexity index is 1320. The van der Waals surface area contributed by atoms with Crippen molar-refractivity contribution in [3.05, 3.63) is 99.5 Å². The lowest BCUT2D eigenvalue weighted by atomic mass is 9.84. The minimum Gasteiger partial charge on any atom is -0.479 e. The van der Waals surface area contributed by atoms with Crippen LogP contribution in [0.2, 0.25) is 0 Å². The number of urea groups is 1. The van der Waals surface area contributed by atoms with Crippen molar-refractivity contribution >= 4 is 39.5 Å². The Morgan fingerprint density at radius 3 is 2.14 bits per heavy atom. The first kappa shape index (κ1) is 32.8. The summed E-state index contributed by atoms with van der Waals surface area (Å²) in [5, 5.41) is 23.7. The van der Waals surface area contributed by atoms with E-state index >= 15 is 0 Å². The summed E-state index contributed by atoms with van der Waals surface area (Å²) in [4.78, 5) is 38.5. The standard InChI is InChI=1S/C32H36BrN3O5.CH4/c1-21(23-11-15-27(33)16-12-23)35-32(41)36(28-17-13-25(14-18-28)24-5-3-2-4-6-24)20-22-7-9-26(10-8-22)30(38)34-19-29(37)31(39)40;/h7-18,21,24,29,37H,2-6,19-20H2,1H3,(H,34,38)(H,35,41)(H,39,40);1H4/t21?,29-;/m1./s1. The van der Waals surface area contributed by atoms with Crippen LogP contribution in [-0.2, 0) is 11.3 Å². The fourth-order valence-electron chi connectivity index (χ4n) is 5.06. The third-order valence-electron chi connectivity index (χ3n) is 7.53. The number of hydrogen-bond acceptors (Lipinski definition) is 4. The number of hydrogen-bond donors (Lipinski definition) is 4. The SMILES string of the molecule is C.CC(NC(=O)N(Cc1ccc(C(=O)NC[C@@H](O)C(=O)O)cc1)c1ccc(C2CCCCC2)cc1)c1ccc(Br)cc1. The zero-order chi connectivity index (χ0) is 29.4. The van der Waals surface area contributed by atoms with Crippen LogP contribution < -0.4 is 15.5 Å². The molecular weight excluding hydrogens is 598 g/mol. The van der Waals surface area contributed by atoms with Crippen LogP contribution in [-0.4, -0.2) is 40.8 Å². The fraction of sp³-hybridized carbons (Fsp3) is 0.364. The summed E-state index contributed by atoms with van der Waals surface area (Å²) in [7, 11) is 0. The first-order chi connectivity index (χ1) is 19.7. The summed E-state index contributed by atoms with van der Waals surface area (Å²) in [6.07, 6.45) is 4.53. The molecule has 224 valence electrons. The Morgan fingerprint density at radius 1 is 0.929 bits per heavy atom. The largest absolute Gasteiger partial charge is 0.479 e. The molecule has 9 heteroatoms. The monoisotopic (exact) mass is 637 g/mol. The lowest BCUT2D eigenvalue weighted by Crippen LogP contribution is -2.40. The van der Waals surface area contributed by atoms with Gasteiger partial charge >= 0.3 is 12.0 Å². The number of halogens is 1. The molecular formula is C33H40BrN3O5. The Hall–Kier alpha value is -3.69. The van der Waals surface area contributed by atoms with Gasteiger partial charge in [-0.25, -0.2) is 9.59 Å². The number of carboxylic acids is 1.